The van der Waals surface area contributed by atoms with Gasteiger partial charge >= 0.3 is 5.63 Å². The SMILES string of the molecule is O=c1oc2ccccc2c2c1C(c1ccccc1Cl)c1c(ncn3nc(-c4ccc(Br)o4)nc13)O2. The number of ether oxygens (including phenoxy) is 1. The van der Waals surface area contributed by atoms with Crippen molar-refractivity contribution >= 4 is 44.1 Å². The van der Waals surface area contributed by atoms with E-state index in [0.29, 0.717) is 66.2 Å². The van der Waals surface area contributed by atoms with Gasteiger partial charge in [-0.25, -0.2) is 19.3 Å². The lowest BCUT2D eigenvalue weighted by Gasteiger charge is -2.27. The molecule has 1 aliphatic rings. The summed E-state index contributed by atoms with van der Waals surface area (Å²) in [6.45, 7) is 0. The summed E-state index contributed by atoms with van der Waals surface area (Å²) in [5, 5.41) is 5.67. The average Bonchev–Trinajstić information content (AvgIpc) is 3.49. The average molecular weight is 548 g/mol. The van der Waals surface area contributed by atoms with E-state index in [9.17, 15) is 4.79 Å². The van der Waals surface area contributed by atoms with Gasteiger partial charge in [-0.05, 0) is 51.8 Å². The lowest BCUT2D eigenvalue weighted by Crippen LogP contribution is -2.22. The summed E-state index contributed by atoms with van der Waals surface area (Å²) in [6, 6.07) is 18.1. The van der Waals surface area contributed by atoms with Crippen LogP contribution < -0.4 is 10.4 Å². The molecule has 0 aliphatic carbocycles. The maximum Gasteiger partial charge on any atom is 0.344 e. The number of fused-ring (bicyclic) bond motifs is 6. The molecule has 0 radical (unpaired) electrons. The molecule has 2 aromatic carbocycles. The van der Waals surface area contributed by atoms with Crippen LogP contribution in [0, 0.1) is 0 Å². The predicted molar refractivity (Wildman–Crippen MR) is 131 cm³/mol. The molecule has 4 aromatic heterocycles. The van der Waals surface area contributed by atoms with Gasteiger partial charge < -0.3 is 13.6 Å². The van der Waals surface area contributed by atoms with E-state index in [2.05, 4.69) is 26.0 Å². The fraction of sp³-hybridized carbons (Fsp3) is 0.0400. The molecule has 0 bridgehead atoms. The van der Waals surface area contributed by atoms with Crippen LogP contribution in [0.5, 0.6) is 11.6 Å². The van der Waals surface area contributed by atoms with Gasteiger partial charge in [0.25, 0.3) is 0 Å². The molecule has 35 heavy (non-hydrogen) atoms. The van der Waals surface area contributed by atoms with Crippen LogP contribution in [0.1, 0.15) is 22.6 Å². The number of rotatable bonds is 2. The van der Waals surface area contributed by atoms with Crippen LogP contribution in [0.15, 0.2) is 85.3 Å². The smallest absolute Gasteiger partial charge is 0.344 e. The molecule has 8 nitrogen and oxygen atoms in total. The molecule has 0 N–H and O–H groups in total. The summed E-state index contributed by atoms with van der Waals surface area (Å²) in [7, 11) is 0. The van der Waals surface area contributed by atoms with E-state index < -0.39 is 11.5 Å². The van der Waals surface area contributed by atoms with Crippen molar-refractivity contribution in [2.75, 3.05) is 0 Å². The topological polar surface area (TPSA) is 95.7 Å². The quantitative estimate of drug-likeness (QED) is 0.238. The van der Waals surface area contributed by atoms with Gasteiger partial charge in [-0.1, -0.05) is 41.9 Å². The number of hydrogen-bond acceptors (Lipinski definition) is 7. The minimum absolute atomic E-state index is 0.310. The summed E-state index contributed by atoms with van der Waals surface area (Å²) in [5.74, 6) is 0.886. The molecule has 0 amide bonds. The highest BCUT2D eigenvalue weighted by Crippen LogP contribution is 2.50. The van der Waals surface area contributed by atoms with Gasteiger partial charge in [0.2, 0.25) is 11.7 Å². The van der Waals surface area contributed by atoms with E-state index in [1.165, 1.54) is 10.8 Å². The Balaban J connectivity index is 1.57. The molecular weight excluding hydrogens is 536 g/mol. The second-order valence-corrected chi connectivity index (χ2v) is 9.14. The minimum atomic E-state index is -0.653. The van der Waals surface area contributed by atoms with Crippen molar-refractivity contribution in [2.24, 2.45) is 0 Å². The lowest BCUT2D eigenvalue weighted by molar-refractivity contribution is 0.422. The summed E-state index contributed by atoms with van der Waals surface area (Å²) >= 11 is 9.97. The van der Waals surface area contributed by atoms with Crippen LogP contribution in [-0.4, -0.2) is 19.6 Å². The second kappa shape index (κ2) is 7.53. The maximum absolute atomic E-state index is 13.4. The Morgan fingerprint density at radius 1 is 0.971 bits per heavy atom. The van der Waals surface area contributed by atoms with Crippen LogP contribution in [0.2, 0.25) is 5.02 Å². The molecule has 1 atom stereocenters. The Morgan fingerprint density at radius 3 is 2.63 bits per heavy atom. The van der Waals surface area contributed by atoms with Crippen LogP contribution in [0.25, 0.3) is 28.2 Å². The Bertz CT molecular complexity index is 1860. The molecule has 1 aliphatic heterocycles. The minimum Gasteiger partial charge on any atom is -0.446 e. The third-order valence-electron chi connectivity index (χ3n) is 5.97. The standard InChI is InChI=1S/C25H12BrClN4O4/c26-17-10-9-16(33-17)22-29-23-20-18(12-5-1-3-7-14(12)27)19-21(35-24(20)28-11-31(23)30-22)13-6-2-4-8-15(13)34-25(19)32/h1-11,18H. The number of hydrogen-bond donors (Lipinski definition) is 0. The van der Waals surface area contributed by atoms with E-state index >= 15 is 0 Å². The fourth-order valence-electron chi connectivity index (χ4n) is 4.49. The van der Waals surface area contributed by atoms with Crippen molar-refractivity contribution in [1.29, 1.82) is 0 Å². The predicted octanol–water partition coefficient (Wildman–Crippen LogP) is 6.19. The third kappa shape index (κ3) is 3.05. The zero-order valence-electron chi connectivity index (χ0n) is 17.6. The van der Waals surface area contributed by atoms with E-state index in [0.717, 1.165) is 0 Å². The van der Waals surface area contributed by atoms with Crippen LogP contribution in [0.3, 0.4) is 0 Å². The van der Waals surface area contributed by atoms with E-state index in [-0.39, 0.29) is 0 Å². The number of halogens is 2. The Hall–Kier alpha value is -3.95. The molecule has 170 valence electrons. The summed E-state index contributed by atoms with van der Waals surface area (Å²) in [4.78, 5) is 22.6. The van der Waals surface area contributed by atoms with Crippen molar-refractivity contribution in [1.82, 2.24) is 19.6 Å². The molecule has 1 unspecified atom stereocenters. The largest absolute Gasteiger partial charge is 0.446 e. The zero-order valence-corrected chi connectivity index (χ0v) is 19.9. The van der Waals surface area contributed by atoms with Crippen molar-refractivity contribution in [3.63, 3.8) is 0 Å². The van der Waals surface area contributed by atoms with E-state index in [1.54, 1.807) is 30.3 Å². The summed E-state index contributed by atoms with van der Waals surface area (Å²) in [6.07, 6.45) is 1.52. The van der Waals surface area contributed by atoms with Gasteiger partial charge in [-0.3, -0.25) is 0 Å². The highest BCUT2D eigenvalue weighted by molar-refractivity contribution is 9.10. The molecule has 10 heteroatoms. The lowest BCUT2D eigenvalue weighted by atomic mass is 9.84. The normalized spacial score (nSPS) is 14.6. The van der Waals surface area contributed by atoms with Gasteiger partial charge in [0.1, 0.15) is 11.9 Å². The Labute approximate surface area is 209 Å². The second-order valence-electron chi connectivity index (χ2n) is 7.96. The molecule has 5 heterocycles. The van der Waals surface area contributed by atoms with Gasteiger partial charge in [0.05, 0.1) is 22.4 Å². The highest BCUT2D eigenvalue weighted by atomic mass is 79.9. The van der Waals surface area contributed by atoms with Crippen molar-refractivity contribution in [3.8, 4) is 23.2 Å². The first-order valence-electron chi connectivity index (χ1n) is 10.6. The first kappa shape index (κ1) is 20.4. The molecular formula is C25H12BrClN4O4. The van der Waals surface area contributed by atoms with Gasteiger partial charge in [-0.2, -0.15) is 0 Å². The van der Waals surface area contributed by atoms with Crippen LogP contribution in [0.4, 0.5) is 0 Å². The van der Waals surface area contributed by atoms with Gasteiger partial charge in [0.15, 0.2) is 21.8 Å². The summed E-state index contributed by atoms with van der Waals surface area (Å²) in [5.41, 5.74) is 1.94. The summed E-state index contributed by atoms with van der Waals surface area (Å²) < 4.78 is 19.7. The molecule has 0 spiro atoms. The number of nitrogens with zero attached hydrogens (tertiary/aromatic N) is 4. The molecule has 0 saturated carbocycles. The number of benzene rings is 2. The zero-order chi connectivity index (χ0) is 23.7. The Kier molecular flexibility index (Phi) is 4.39. The first-order chi connectivity index (χ1) is 17.1. The van der Waals surface area contributed by atoms with Crippen molar-refractivity contribution in [3.05, 3.63) is 104 Å². The Morgan fingerprint density at radius 2 is 1.80 bits per heavy atom. The third-order valence-corrected chi connectivity index (χ3v) is 6.74. The van der Waals surface area contributed by atoms with Gasteiger partial charge in [0, 0.05) is 5.02 Å². The molecule has 6 aromatic rings. The number of aromatic nitrogens is 4. The molecule has 0 saturated heterocycles. The monoisotopic (exact) mass is 546 g/mol. The van der Waals surface area contributed by atoms with E-state index in [1.807, 2.05) is 30.3 Å². The molecule has 0 fully saturated rings. The van der Waals surface area contributed by atoms with Crippen molar-refractivity contribution in [2.45, 2.75) is 5.92 Å². The first-order valence-corrected chi connectivity index (χ1v) is 11.7. The molecule has 7 rings (SSSR count). The van der Waals surface area contributed by atoms with E-state index in [4.69, 9.17) is 30.2 Å². The van der Waals surface area contributed by atoms with Crippen molar-refractivity contribution < 1.29 is 13.6 Å². The van der Waals surface area contributed by atoms with Crippen LogP contribution >= 0.6 is 27.5 Å². The van der Waals surface area contributed by atoms with Gasteiger partial charge in [-0.15, -0.1) is 5.10 Å². The maximum atomic E-state index is 13.4. The number of furan rings is 1. The highest BCUT2D eigenvalue weighted by Gasteiger charge is 2.38. The fourth-order valence-corrected chi connectivity index (χ4v) is 5.04. The van der Waals surface area contributed by atoms with Crippen LogP contribution in [-0.2, 0) is 0 Å². The number of para-hydroxylation sites is 1.